The monoisotopic (exact) mass is 612 g/mol. The van der Waals surface area contributed by atoms with E-state index in [9.17, 15) is 32.9 Å². The van der Waals surface area contributed by atoms with Crippen LogP contribution in [-0.4, -0.2) is 21.0 Å². The summed E-state index contributed by atoms with van der Waals surface area (Å²) >= 11 is 9.91. The Morgan fingerprint density at radius 1 is 1.05 bits per heavy atom. The van der Waals surface area contributed by atoms with Gasteiger partial charge in [0.05, 0.1) is 26.4 Å². The fraction of sp³-hybridized carbons (Fsp3) is 0.0833. The van der Waals surface area contributed by atoms with E-state index in [4.69, 9.17) is 16.3 Å². The third-order valence-corrected chi connectivity index (χ3v) is 6.86. The molecule has 1 saturated heterocycles. The molecule has 0 radical (unpaired) electrons. The maximum Gasteiger partial charge on any atom is 0.416 e. The van der Waals surface area contributed by atoms with Crippen molar-refractivity contribution in [3.63, 3.8) is 0 Å². The van der Waals surface area contributed by atoms with Gasteiger partial charge in [-0.05, 0) is 81.3 Å². The van der Waals surface area contributed by atoms with Crippen LogP contribution in [0.4, 0.5) is 23.7 Å². The van der Waals surface area contributed by atoms with E-state index >= 15 is 0 Å². The van der Waals surface area contributed by atoms with Crippen molar-refractivity contribution in [3.8, 4) is 11.5 Å². The molecule has 0 atom stereocenters. The number of imide groups is 1. The normalized spacial score (nSPS) is 14.9. The number of hydrogen-bond donors (Lipinski definition) is 0. The van der Waals surface area contributed by atoms with Crippen LogP contribution < -0.4 is 4.74 Å². The maximum atomic E-state index is 12.9. The maximum absolute atomic E-state index is 12.9. The molecule has 0 aromatic heterocycles. The first-order chi connectivity index (χ1) is 17.4. The summed E-state index contributed by atoms with van der Waals surface area (Å²) in [5.41, 5.74) is -0.779. The predicted octanol–water partition coefficient (Wildman–Crippen LogP) is 8.06. The number of benzene rings is 3. The zero-order valence-electron chi connectivity index (χ0n) is 18.3. The molecule has 3 aromatic carbocycles. The highest BCUT2D eigenvalue weighted by molar-refractivity contribution is 9.10. The number of rotatable bonds is 6. The molecular weight excluding hydrogens is 601 g/mol. The van der Waals surface area contributed by atoms with E-state index < -0.39 is 33.5 Å². The second kappa shape index (κ2) is 10.6. The van der Waals surface area contributed by atoms with Gasteiger partial charge in [0.2, 0.25) is 5.75 Å². The number of halogens is 5. The summed E-state index contributed by atoms with van der Waals surface area (Å²) in [4.78, 5) is 36.8. The molecule has 3 aromatic rings. The lowest BCUT2D eigenvalue weighted by Gasteiger charge is -2.12. The first-order valence-corrected chi connectivity index (χ1v) is 12.2. The topological polar surface area (TPSA) is 89.7 Å². The smallest absolute Gasteiger partial charge is 0.416 e. The van der Waals surface area contributed by atoms with E-state index in [1.165, 1.54) is 18.2 Å². The number of hydrogen-bond acceptors (Lipinski definition) is 6. The van der Waals surface area contributed by atoms with Crippen LogP contribution in [0.1, 0.15) is 16.7 Å². The van der Waals surface area contributed by atoms with Gasteiger partial charge in [-0.3, -0.25) is 24.6 Å². The summed E-state index contributed by atoms with van der Waals surface area (Å²) in [5.74, 6) is -0.757. The molecule has 190 valence electrons. The lowest BCUT2D eigenvalue weighted by Crippen LogP contribution is -2.27. The van der Waals surface area contributed by atoms with Gasteiger partial charge in [0.15, 0.2) is 0 Å². The predicted molar refractivity (Wildman–Crippen MR) is 135 cm³/mol. The van der Waals surface area contributed by atoms with Gasteiger partial charge in [-0.2, -0.15) is 13.2 Å². The Labute approximate surface area is 225 Å². The SMILES string of the molecule is O=C1S/C(=C/c2ccc(Oc3ccc(C(F)(F)F)cc3[N+](=O)[O-])c(Br)c2)C(=O)N1Cc1ccc(Cl)cc1. The van der Waals surface area contributed by atoms with Gasteiger partial charge in [0.1, 0.15) is 5.75 Å². The molecule has 7 nitrogen and oxygen atoms in total. The van der Waals surface area contributed by atoms with Crippen LogP contribution in [0.3, 0.4) is 0 Å². The molecule has 1 fully saturated rings. The second-order valence-electron chi connectivity index (χ2n) is 7.62. The Hall–Kier alpha value is -3.35. The van der Waals surface area contributed by atoms with E-state index in [0.717, 1.165) is 28.3 Å². The fourth-order valence-corrected chi connectivity index (χ4v) is 4.73. The summed E-state index contributed by atoms with van der Waals surface area (Å²) in [6, 6.07) is 13.2. The molecule has 37 heavy (non-hydrogen) atoms. The van der Waals surface area contributed by atoms with E-state index in [1.54, 1.807) is 30.3 Å². The van der Waals surface area contributed by atoms with Crippen molar-refractivity contribution in [3.05, 3.63) is 102 Å². The van der Waals surface area contributed by atoms with Crippen molar-refractivity contribution in [1.82, 2.24) is 4.90 Å². The van der Waals surface area contributed by atoms with Gasteiger partial charge < -0.3 is 4.74 Å². The minimum absolute atomic E-state index is 0.0849. The molecule has 2 amide bonds. The average Bonchev–Trinajstić information content (AvgIpc) is 3.08. The molecule has 0 bridgehead atoms. The third kappa shape index (κ3) is 6.14. The summed E-state index contributed by atoms with van der Waals surface area (Å²) in [6.07, 6.45) is -3.25. The molecule has 0 spiro atoms. The second-order valence-corrected chi connectivity index (χ2v) is 9.91. The fourth-order valence-electron chi connectivity index (χ4n) is 3.29. The molecule has 0 unspecified atom stereocenters. The van der Waals surface area contributed by atoms with Crippen molar-refractivity contribution in [2.45, 2.75) is 12.7 Å². The van der Waals surface area contributed by atoms with Crippen LogP contribution in [0.15, 0.2) is 70.0 Å². The van der Waals surface area contributed by atoms with Crippen molar-refractivity contribution in [2.24, 2.45) is 0 Å². The zero-order valence-corrected chi connectivity index (χ0v) is 21.5. The van der Waals surface area contributed by atoms with Crippen molar-refractivity contribution >= 4 is 62.2 Å². The molecule has 1 aliphatic rings. The minimum atomic E-state index is -4.75. The molecule has 0 aliphatic carbocycles. The number of amides is 2. The average molecular weight is 614 g/mol. The largest absolute Gasteiger partial charge is 0.449 e. The number of carbonyl (C=O) groups is 2. The number of carbonyl (C=O) groups excluding carboxylic acids is 2. The summed E-state index contributed by atoms with van der Waals surface area (Å²) in [5, 5.41) is 11.4. The molecule has 0 saturated carbocycles. The first kappa shape index (κ1) is 26.7. The van der Waals surface area contributed by atoms with Crippen LogP contribution >= 0.6 is 39.3 Å². The highest BCUT2D eigenvalue weighted by Crippen LogP contribution is 2.40. The number of alkyl halides is 3. The highest BCUT2D eigenvalue weighted by atomic mass is 79.9. The van der Waals surface area contributed by atoms with Crippen LogP contribution in [0.2, 0.25) is 5.02 Å². The standard InChI is InChI=1S/C24H13BrClF3N2O5S/c25-17-9-14(10-21-22(32)30(23(33)37-21)12-13-1-5-16(26)6-2-13)3-7-19(17)36-20-8-4-15(24(27,28)29)11-18(20)31(34)35/h1-11H,12H2/b21-10+. The third-order valence-electron chi connectivity index (χ3n) is 5.08. The lowest BCUT2D eigenvalue weighted by molar-refractivity contribution is -0.385. The lowest BCUT2D eigenvalue weighted by atomic mass is 10.1. The van der Waals surface area contributed by atoms with Crippen molar-refractivity contribution in [2.75, 3.05) is 0 Å². The van der Waals surface area contributed by atoms with Gasteiger partial charge in [-0.15, -0.1) is 0 Å². The van der Waals surface area contributed by atoms with Gasteiger partial charge in [-0.1, -0.05) is 29.8 Å². The number of thioether (sulfide) groups is 1. The minimum Gasteiger partial charge on any atom is -0.449 e. The van der Waals surface area contributed by atoms with Crippen LogP contribution in [-0.2, 0) is 17.5 Å². The quantitative estimate of drug-likeness (QED) is 0.159. The Balaban J connectivity index is 1.53. The van der Waals surface area contributed by atoms with Crippen LogP contribution in [0.25, 0.3) is 6.08 Å². The Kier molecular flexibility index (Phi) is 7.62. The molecular formula is C24H13BrClF3N2O5S. The Morgan fingerprint density at radius 3 is 2.35 bits per heavy atom. The molecule has 1 heterocycles. The number of nitro benzene ring substituents is 1. The first-order valence-electron chi connectivity index (χ1n) is 10.3. The molecule has 4 rings (SSSR count). The summed E-state index contributed by atoms with van der Waals surface area (Å²) < 4.78 is 44.6. The van der Waals surface area contributed by atoms with E-state index in [1.807, 2.05) is 0 Å². The summed E-state index contributed by atoms with van der Waals surface area (Å²) in [6.45, 7) is 0.0849. The van der Waals surface area contributed by atoms with Gasteiger partial charge in [-0.25, -0.2) is 0 Å². The van der Waals surface area contributed by atoms with Crippen LogP contribution in [0, 0.1) is 10.1 Å². The molecule has 1 aliphatic heterocycles. The molecule has 13 heteroatoms. The van der Waals surface area contributed by atoms with Gasteiger partial charge >= 0.3 is 11.9 Å². The van der Waals surface area contributed by atoms with Crippen LogP contribution in [0.5, 0.6) is 11.5 Å². The molecule has 0 N–H and O–H groups in total. The van der Waals surface area contributed by atoms with Crippen molar-refractivity contribution < 1.29 is 32.4 Å². The van der Waals surface area contributed by atoms with E-state index in [0.29, 0.717) is 27.2 Å². The summed E-state index contributed by atoms with van der Waals surface area (Å²) in [7, 11) is 0. The number of nitro groups is 1. The van der Waals surface area contributed by atoms with E-state index in [-0.39, 0.29) is 22.9 Å². The Morgan fingerprint density at radius 2 is 1.73 bits per heavy atom. The van der Waals surface area contributed by atoms with Gasteiger partial charge in [0.25, 0.3) is 11.1 Å². The number of ether oxygens (including phenoxy) is 1. The Bertz CT molecular complexity index is 1450. The highest BCUT2D eigenvalue weighted by Gasteiger charge is 2.35. The zero-order chi connectivity index (χ0) is 26.9. The van der Waals surface area contributed by atoms with E-state index in [2.05, 4.69) is 15.9 Å². The van der Waals surface area contributed by atoms with Gasteiger partial charge in [0, 0.05) is 11.1 Å². The van der Waals surface area contributed by atoms with Crippen molar-refractivity contribution in [1.29, 1.82) is 0 Å². The number of nitrogens with zero attached hydrogens (tertiary/aromatic N) is 2.